The first-order valence-corrected chi connectivity index (χ1v) is 7.16. The molecule has 90 valence electrons. The maximum absolute atomic E-state index is 5.80. The number of hydrogen-bond donors (Lipinski definition) is 1. The van der Waals surface area contributed by atoms with E-state index in [2.05, 4.69) is 52.2 Å². The Morgan fingerprint density at radius 3 is 2.82 bits per heavy atom. The molecule has 1 heterocycles. The van der Waals surface area contributed by atoms with Crippen LogP contribution in [-0.4, -0.2) is 4.98 Å². The van der Waals surface area contributed by atoms with Crippen molar-refractivity contribution in [2.45, 2.75) is 20.4 Å². The van der Waals surface area contributed by atoms with Gasteiger partial charge in [-0.2, -0.15) is 0 Å². The lowest BCUT2D eigenvalue weighted by molar-refractivity contribution is 1.16. The summed E-state index contributed by atoms with van der Waals surface area (Å²) >= 11 is 10.9. The normalized spacial score (nSPS) is 10.6. The molecule has 0 unspecified atom stereocenters. The molecule has 0 saturated heterocycles. The average molecular weight is 332 g/mol. The third kappa shape index (κ3) is 3.21. The van der Waals surface area contributed by atoms with Gasteiger partial charge in [0.2, 0.25) is 0 Å². The molecule has 1 N–H and O–H groups in total. The first-order valence-electron chi connectivity index (χ1n) is 5.17. The summed E-state index contributed by atoms with van der Waals surface area (Å²) in [4.78, 5) is 5.15. The topological polar surface area (TPSA) is 24.9 Å². The van der Waals surface area contributed by atoms with E-state index in [-0.39, 0.29) is 0 Å². The van der Waals surface area contributed by atoms with Crippen LogP contribution in [0.25, 0.3) is 0 Å². The van der Waals surface area contributed by atoms with E-state index in [1.807, 2.05) is 0 Å². The van der Waals surface area contributed by atoms with Crippen molar-refractivity contribution in [2.24, 2.45) is 0 Å². The molecule has 0 fully saturated rings. The Morgan fingerprint density at radius 1 is 1.41 bits per heavy atom. The van der Waals surface area contributed by atoms with Crippen molar-refractivity contribution in [2.75, 3.05) is 5.32 Å². The fourth-order valence-corrected chi connectivity index (χ4v) is 3.04. The number of halogens is 2. The van der Waals surface area contributed by atoms with Gasteiger partial charge >= 0.3 is 0 Å². The summed E-state index contributed by atoms with van der Waals surface area (Å²) < 4.78 is 1.71. The Bertz CT molecular complexity index is 539. The summed E-state index contributed by atoms with van der Waals surface area (Å²) in [6.45, 7) is 4.92. The van der Waals surface area contributed by atoms with Crippen LogP contribution in [0.1, 0.15) is 16.0 Å². The SMILES string of the molecule is Cc1cc(Br)c(C)c(NCc2cnc(Cl)s2)c1. The Kier molecular flexibility index (Phi) is 4.07. The van der Waals surface area contributed by atoms with E-state index in [9.17, 15) is 0 Å². The third-order valence-corrected chi connectivity index (χ3v) is 4.41. The van der Waals surface area contributed by atoms with Crippen molar-refractivity contribution in [1.29, 1.82) is 0 Å². The summed E-state index contributed by atoms with van der Waals surface area (Å²) in [5.41, 5.74) is 3.58. The van der Waals surface area contributed by atoms with Crippen molar-refractivity contribution >= 4 is 44.6 Å². The highest BCUT2D eigenvalue weighted by molar-refractivity contribution is 9.10. The highest BCUT2D eigenvalue weighted by atomic mass is 79.9. The minimum absolute atomic E-state index is 0.587. The van der Waals surface area contributed by atoms with Crippen LogP contribution in [-0.2, 0) is 6.54 Å². The highest BCUT2D eigenvalue weighted by Crippen LogP contribution is 2.27. The van der Waals surface area contributed by atoms with Gasteiger partial charge < -0.3 is 5.32 Å². The van der Waals surface area contributed by atoms with Crippen molar-refractivity contribution < 1.29 is 0 Å². The minimum atomic E-state index is 0.587. The van der Waals surface area contributed by atoms with Crippen LogP contribution in [0.15, 0.2) is 22.8 Å². The summed E-state index contributed by atoms with van der Waals surface area (Å²) in [6, 6.07) is 4.26. The van der Waals surface area contributed by atoms with Crippen LogP contribution in [0.5, 0.6) is 0 Å². The zero-order valence-electron chi connectivity index (χ0n) is 9.55. The Labute approximate surface area is 118 Å². The van der Waals surface area contributed by atoms with Crippen molar-refractivity contribution in [3.63, 3.8) is 0 Å². The molecule has 17 heavy (non-hydrogen) atoms. The molecule has 0 saturated carbocycles. The Balaban J connectivity index is 2.14. The third-order valence-electron chi connectivity index (χ3n) is 2.47. The van der Waals surface area contributed by atoms with Crippen LogP contribution in [0.3, 0.4) is 0 Å². The molecule has 0 aliphatic heterocycles. The first kappa shape index (κ1) is 12.9. The molecule has 0 aliphatic carbocycles. The molecule has 0 aliphatic rings. The summed E-state index contributed by atoms with van der Waals surface area (Å²) in [7, 11) is 0. The second-order valence-corrected chi connectivity index (χ2v) is 6.40. The fourth-order valence-electron chi connectivity index (χ4n) is 1.55. The van der Waals surface area contributed by atoms with Crippen LogP contribution in [0, 0.1) is 13.8 Å². The largest absolute Gasteiger partial charge is 0.380 e. The number of hydrogen-bond acceptors (Lipinski definition) is 3. The molecule has 0 atom stereocenters. The first-order chi connectivity index (χ1) is 8.06. The van der Waals surface area contributed by atoms with Crippen molar-refractivity contribution in [3.8, 4) is 0 Å². The highest BCUT2D eigenvalue weighted by Gasteiger charge is 2.05. The average Bonchev–Trinajstić information content (AvgIpc) is 2.67. The molecular formula is C12H12BrClN2S. The molecule has 2 aromatic rings. The number of aromatic nitrogens is 1. The van der Waals surface area contributed by atoms with Gasteiger partial charge in [-0.25, -0.2) is 4.98 Å². The molecule has 5 heteroatoms. The molecule has 1 aromatic heterocycles. The number of benzene rings is 1. The molecule has 0 radical (unpaired) electrons. The second kappa shape index (κ2) is 5.38. The lowest BCUT2D eigenvalue weighted by atomic mass is 10.1. The van der Waals surface area contributed by atoms with Crippen molar-refractivity contribution in [3.05, 3.63) is 43.3 Å². The maximum Gasteiger partial charge on any atom is 0.183 e. The van der Waals surface area contributed by atoms with E-state index in [0.29, 0.717) is 4.47 Å². The van der Waals surface area contributed by atoms with Gasteiger partial charge in [0.1, 0.15) is 0 Å². The Morgan fingerprint density at radius 2 is 2.18 bits per heavy atom. The van der Waals surface area contributed by atoms with Gasteiger partial charge in [0, 0.05) is 21.2 Å². The summed E-state index contributed by atoms with van der Waals surface area (Å²) in [6.07, 6.45) is 1.81. The van der Waals surface area contributed by atoms with Crippen LogP contribution >= 0.6 is 38.9 Å². The van der Waals surface area contributed by atoms with Gasteiger partial charge in [0.25, 0.3) is 0 Å². The Hall–Kier alpha value is -0.580. The molecule has 0 amide bonds. The summed E-state index contributed by atoms with van der Waals surface area (Å²) in [5.74, 6) is 0. The van der Waals surface area contributed by atoms with Crippen LogP contribution in [0.2, 0.25) is 4.47 Å². The molecule has 2 nitrogen and oxygen atoms in total. The van der Waals surface area contributed by atoms with E-state index >= 15 is 0 Å². The second-order valence-electron chi connectivity index (χ2n) is 3.85. The van der Waals surface area contributed by atoms with Gasteiger partial charge in [-0.1, -0.05) is 27.5 Å². The monoisotopic (exact) mass is 330 g/mol. The van der Waals surface area contributed by atoms with Crippen LogP contribution < -0.4 is 5.32 Å². The van der Waals surface area contributed by atoms with Crippen molar-refractivity contribution in [1.82, 2.24) is 4.98 Å². The number of rotatable bonds is 3. The molecule has 2 rings (SSSR count). The van der Waals surface area contributed by atoms with Gasteiger partial charge in [0.05, 0.1) is 6.54 Å². The quantitative estimate of drug-likeness (QED) is 0.875. The molecule has 0 bridgehead atoms. The maximum atomic E-state index is 5.80. The zero-order valence-corrected chi connectivity index (χ0v) is 12.7. The zero-order chi connectivity index (χ0) is 12.4. The van der Waals surface area contributed by atoms with E-state index in [1.54, 1.807) is 6.20 Å². The number of thiazole rings is 1. The number of anilines is 1. The molecule has 0 spiro atoms. The van der Waals surface area contributed by atoms with E-state index in [0.717, 1.165) is 21.6 Å². The number of nitrogens with zero attached hydrogens (tertiary/aromatic N) is 1. The van der Waals surface area contributed by atoms with E-state index in [1.165, 1.54) is 22.5 Å². The van der Waals surface area contributed by atoms with Gasteiger partial charge in [0.15, 0.2) is 4.47 Å². The minimum Gasteiger partial charge on any atom is -0.380 e. The lowest BCUT2D eigenvalue weighted by Gasteiger charge is -2.11. The summed E-state index contributed by atoms with van der Waals surface area (Å²) in [5, 5.41) is 3.41. The molecule has 1 aromatic carbocycles. The fraction of sp³-hybridized carbons (Fsp3) is 0.250. The van der Waals surface area contributed by atoms with Gasteiger partial charge in [-0.15, -0.1) is 11.3 Å². The van der Waals surface area contributed by atoms with E-state index < -0.39 is 0 Å². The van der Waals surface area contributed by atoms with Crippen LogP contribution in [0.4, 0.5) is 5.69 Å². The van der Waals surface area contributed by atoms with Gasteiger partial charge in [-0.3, -0.25) is 0 Å². The smallest absolute Gasteiger partial charge is 0.183 e. The number of aryl methyl sites for hydroxylation is 1. The predicted octanol–water partition coefficient (Wildman–Crippen LogP) is 4.79. The standard InChI is InChI=1S/C12H12BrClN2S/c1-7-3-10(13)8(2)11(4-7)15-5-9-6-16-12(14)17-9/h3-4,6,15H,5H2,1-2H3. The van der Waals surface area contributed by atoms with Gasteiger partial charge in [-0.05, 0) is 37.1 Å². The number of nitrogens with one attached hydrogen (secondary N) is 1. The molecular weight excluding hydrogens is 320 g/mol. The predicted molar refractivity (Wildman–Crippen MR) is 78.1 cm³/mol. The lowest BCUT2D eigenvalue weighted by Crippen LogP contribution is -2.00. The van der Waals surface area contributed by atoms with E-state index in [4.69, 9.17) is 11.6 Å².